The predicted octanol–water partition coefficient (Wildman–Crippen LogP) is 2.88. The highest BCUT2D eigenvalue weighted by molar-refractivity contribution is 5.88. The van der Waals surface area contributed by atoms with E-state index in [0.29, 0.717) is 12.6 Å². The molecule has 3 rings (SSSR count). The van der Waals surface area contributed by atoms with Crippen LogP contribution in [0.3, 0.4) is 0 Å². The molecule has 2 N–H and O–H groups in total. The highest BCUT2D eigenvalue weighted by Crippen LogP contribution is 2.28. The van der Waals surface area contributed by atoms with Crippen molar-refractivity contribution in [3.05, 3.63) is 60.4 Å². The molecule has 0 saturated heterocycles. The first-order valence-electron chi connectivity index (χ1n) is 6.04. The molecule has 4 nitrogen and oxygen atoms in total. The summed E-state index contributed by atoms with van der Waals surface area (Å²) >= 11 is 0. The molecular formula is C15H13N3O. The summed E-state index contributed by atoms with van der Waals surface area (Å²) in [5.41, 5.74) is 6.31. The minimum absolute atomic E-state index is 0.319. The van der Waals surface area contributed by atoms with Gasteiger partial charge in [-0.2, -0.15) is 4.98 Å². The summed E-state index contributed by atoms with van der Waals surface area (Å²) in [6, 6.07) is 16.0. The van der Waals surface area contributed by atoms with E-state index in [-0.39, 0.29) is 0 Å². The van der Waals surface area contributed by atoms with Crippen molar-refractivity contribution < 1.29 is 4.74 Å². The fourth-order valence-corrected chi connectivity index (χ4v) is 1.92. The van der Waals surface area contributed by atoms with Crippen molar-refractivity contribution >= 4 is 10.8 Å². The van der Waals surface area contributed by atoms with Gasteiger partial charge in [0.2, 0.25) is 0 Å². The summed E-state index contributed by atoms with van der Waals surface area (Å²) in [6.07, 6.45) is 1.65. The van der Waals surface area contributed by atoms with E-state index in [0.717, 1.165) is 22.2 Å². The van der Waals surface area contributed by atoms with Gasteiger partial charge >= 0.3 is 6.01 Å². The van der Waals surface area contributed by atoms with Crippen molar-refractivity contribution in [2.75, 3.05) is 0 Å². The van der Waals surface area contributed by atoms with Crippen LogP contribution in [0.25, 0.3) is 10.8 Å². The maximum Gasteiger partial charge on any atom is 0.322 e. The van der Waals surface area contributed by atoms with Crippen LogP contribution in [-0.4, -0.2) is 9.97 Å². The lowest BCUT2D eigenvalue weighted by atomic mass is 10.1. The molecule has 0 aliphatic heterocycles. The summed E-state index contributed by atoms with van der Waals surface area (Å²) in [5.74, 6) is 0.743. The van der Waals surface area contributed by atoms with Crippen molar-refractivity contribution in [2.24, 2.45) is 5.73 Å². The Morgan fingerprint density at radius 3 is 2.74 bits per heavy atom. The van der Waals surface area contributed by atoms with E-state index in [2.05, 4.69) is 9.97 Å². The van der Waals surface area contributed by atoms with Crippen molar-refractivity contribution in [2.45, 2.75) is 6.54 Å². The van der Waals surface area contributed by atoms with Crippen LogP contribution in [0, 0.1) is 0 Å². The van der Waals surface area contributed by atoms with E-state index in [1.54, 1.807) is 12.3 Å². The standard InChI is InChI=1S/C15H13N3O/c16-10-12-8-9-17-15(18-12)19-14-7-3-5-11-4-1-2-6-13(11)14/h1-9H,10,16H2. The van der Waals surface area contributed by atoms with Gasteiger partial charge in [-0.1, -0.05) is 36.4 Å². The average Bonchev–Trinajstić information content (AvgIpc) is 2.48. The second-order valence-electron chi connectivity index (χ2n) is 4.11. The van der Waals surface area contributed by atoms with Gasteiger partial charge in [0.05, 0.1) is 5.69 Å². The summed E-state index contributed by atoms with van der Waals surface area (Å²) in [7, 11) is 0. The van der Waals surface area contributed by atoms with Gasteiger partial charge in [-0.3, -0.25) is 0 Å². The van der Waals surface area contributed by atoms with Crippen LogP contribution in [0.15, 0.2) is 54.7 Å². The van der Waals surface area contributed by atoms with Gasteiger partial charge in [-0.15, -0.1) is 0 Å². The molecule has 3 aromatic rings. The third kappa shape index (κ3) is 2.39. The number of rotatable bonds is 3. The maximum atomic E-state index is 5.76. The number of hydrogen-bond donors (Lipinski definition) is 1. The highest BCUT2D eigenvalue weighted by Gasteiger charge is 2.05. The molecule has 0 radical (unpaired) electrons. The number of nitrogens with zero attached hydrogens (tertiary/aromatic N) is 2. The van der Waals surface area contributed by atoms with Gasteiger partial charge in [0.1, 0.15) is 5.75 Å². The second kappa shape index (κ2) is 5.04. The molecule has 0 aliphatic rings. The summed E-state index contributed by atoms with van der Waals surface area (Å²) in [5, 5.41) is 2.15. The molecular weight excluding hydrogens is 238 g/mol. The minimum Gasteiger partial charge on any atom is -0.424 e. The molecule has 0 fully saturated rings. The van der Waals surface area contributed by atoms with Crippen molar-refractivity contribution in [3.8, 4) is 11.8 Å². The molecule has 19 heavy (non-hydrogen) atoms. The Balaban J connectivity index is 2.01. The van der Waals surface area contributed by atoms with Crippen molar-refractivity contribution in [1.82, 2.24) is 9.97 Å². The van der Waals surface area contributed by atoms with Crippen molar-refractivity contribution in [1.29, 1.82) is 0 Å². The molecule has 2 aromatic carbocycles. The van der Waals surface area contributed by atoms with E-state index < -0.39 is 0 Å². The first kappa shape index (κ1) is 11.6. The quantitative estimate of drug-likeness (QED) is 0.777. The molecule has 0 amide bonds. The number of ether oxygens (including phenoxy) is 1. The van der Waals surface area contributed by atoms with Gasteiger partial charge in [-0.05, 0) is 17.5 Å². The Morgan fingerprint density at radius 1 is 1.00 bits per heavy atom. The van der Waals surface area contributed by atoms with E-state index in [1.807, 2.05) is 42.5 Å². The van der Waals surface area contributed by atoms with Crippen LogP contribution < -0.4 is 10.5 Å². The Bertz CT molecular complexity index is 707. The first-order chi connectivity index (χ1) is 9.36. The van der Waals surface area contributed by atoms with Crippen LogP contribution in [0.5, 0.6) is 11.8 Å². The van der Waals surface area contributed by atoms with Crippen molar-refractivity contribution in [3.63, 3.8) is 0 Å². The number of nitrogens with two attached hydrogens (primary N) is 1. The van der Waals surface area contributed by atoms with Gasteiger partial charge in [0, 0.05) is 18.1 Å². The zero-order chi connectivity index (χ0) is 13.1. The zero-order valence-corrected chi connectivity index (χ0v) is 10.3. The number of hydrogen-bond acceptors (Lipinski definition) is 4. The lowest BCUT2D eigenvalue weighted by molar-refractivity contribution is 0.444. The summed E-state index contributed by atoms with van der Waals surface area (Å²) in [4.78, 5) is 8.34. The smallest absolute Gasteiger partial charge is 0.322 e. The monoisotopic (exact) mass is 251 g/mol. The zero-order valence-electron chi connectivity index (χ0n) is 10.3. The van der Waals surface area contributed by atoms with Gasteiger partial charge in [0.25, 0.3) is 0 Å². The molecule has 94 valence electrons. The Kier molecular flexibility index (Phi) is 3.08. The lowest BCUT2D eigenvalue weighted by Crippen LogP contribution is -2.01. The van der Waals surface area contributed by atoms with E-state index in [1.165, 1.54) is 0 Å². The topological polar surface area (TPSA) is 61.0 Å². The third-order valence-corrected chi connectivity index (χ3v) is 2.85. The fourth-order valence-electron chi connectivity index (χ4n) is 1.92. The van der Waals surface area contributed by atoms with E-state index in [4.69, 9.17) is 10.5 Å². The van der Waals surface area contributed by atoms with Gasteiger partial charge in [0.15, 0.2) is 0 Å². The van der Waals surface area contributed by atoms with Crippen LogP contribution in [-0.2, 0) is 6.54 Å². The maximum absolute atomic E-state index is 5.76. The molecule has 1 heterocycles. The molecule has 4 heteroatoms. The Labute approximate surface area is 110 Å². The molecule has 1 aromatic heterocycles. The molecule has 0 bridgehead atoms. The van der Waals surface area contributed by atoms with E-state index >= 15 is 0 Å². The van der Waals surface area contributed by atoms with Gasteiger partial charge in [-0.25, -0.2) is 4.98 Å². The van der Waals surface area contributed by atoms with Crippen LogP contribution in [0.4, 0.5) is 0 Å². The minimum atomic E-state index is 0.319. The number of aromatic nitrogens is 2. The Morgan fingerprint density at radius 2 is 1.84 bits per heavy atom. The van der Waals surface area contributed by atoms with Gasteiger partial charge < -0.3 is 10.5 Å². The number of benzene rings is 2. The normalized spacial score (nSPS) is 10.6. The van der Waals surface area contributed by atoms with Crippen LogP contribution in [0.1, 0.15) is 5.69 Å². The Hall–Kier alpha value is -2.46. The largest absolute Gasteiger partial charge is 0.424 e. The molecule has 0 spiro atoms. The SMILES string of the molecule is NCc1ccnc(Oc2cccc3ccccc23)n1. The first-order valence-corrected chi connectivity index (χ1v) is 6.04. The fraction of sp³-hybridized carbons (Fsp3) is 0.0667. The molecule has 0 unspecified atom stereocenters. The lowest BCUT2D eigenvalue weighted by Gasteiger charge is -2.07. The molecule has 0 aliphatic carbocycles. The van der Waals surface area contributed by atoms with E-state index in [9.17, 15) is 0 Å². The summed E-state index contributed by atoms with van der Waals surface area (Å²) < 4.78 is 5.76. The summed E-state index contributed by atoms with van der Waals surface area (Å²) in [6.45, 7) is 0.369. The predicted molar refractivity (Wildman–Crippen MR) is 73.9 cm³/mol. The van der Waals surface area contributed by atoms with Crippen LogP contribution in [0.2, 0.25) is 0 Å². The number of fused-ring (bicyclic) bond motifs is 1. The average molecular weight is 251 g/mol. The molecule has 0 saturated carbocycles. The third-order valence-electron chi connectivity index (χ3n) is 2.85. The highest BCUT2D eigenvalue weighted by atomic mass is 16.5. The molecule has 0 atom stereocenters. The van der Waals surface area contributed by atoms with Crippen LogP contribution >= 0.6 is 0 Å². The second-order valence-corrected chi connectivity index (χ2v) is 4.11.